The molecular weight excluding hydrogens is 306 g/mol. The van der Waals surface area contributed by atoms with Crippen molar-refractivity contribution in [2.45, 2.75) is 25.1 Å². The first-order valence-electron chi connectivity index (χ1n) is 8.02. The second kappa shape index (κ2) is 7.12. The number of benzene rings is 1. The lowest BCUT2D eigenvalue weighted by atomic mass is 10.0. The molecule has 24 heavy (non-hydrogen) atoms. The fraction of sp³-hybridized carbons (Fsp3) is 0.412. The van der Waals surface area contributed by atoms with Gasteiger partial charge in [0.1, 0.15) is 5.82 Å². The van der Waals surface area contributed by atoms with Crippen LogP contribution in [-0.4, -0.2) is 46.8 Å². The van der Waals surface area contributed by atoms with Crippen molar-refractivity contribution in [2.75, 3.05) is 25.9 Å². The van der Waals surface area contributed by atoms with Gasteiger partial charge in [-0.3, -0.25) is 9.47 Å². The minimum atomic E-state index is -0.379. The smallest absolute Gasteiger partial charge is 0.354 e. The standard InChI is InChI=1S/C17H23N5O2/c1-24-15-11-21(8-6-14(15)18)10-12-2-4-13(5-3-12)22-9-7-16(19)20-17(22)23/h2-5,7,9,14-15H,6,8,10-11,18H2,1H3,(H2,19,20,23)/t14-,15-/m1/s1. The van der Waals surface area contributed by atoms with Crippen molar-refractivity contribution < 1.29 is 4.74 Å². The van der Waals surface area contributed by atoms with Crippen LogP contribution < -0.4 is 17.2 Å². The van der Waals surface area contributed by atoms with Crippen LogP contribution in [0.15, 0.2) is 41.3 Å². The molecule has 0 aliphatic carbocycles. The number of nitrogens with zero attached hydrogens (tertiary/aromatic N) is 3. The van der Waals surface area contributed by atoms with E-state index in [1.165, 1.54) is 10.1 Å². The number of anilines is 1. The Labute approximate surface area is 140 Å². The molecule has 4 N–H and O–H groups in total. The predicted molar refractivity (Wildman–Crippen MR) is 92.9 cm³/mol. The van der Waals surface area contributed by atoms with Crippen molar-refractivity contribution >= 4 is 5.82 Å². The molecule has 1 fully saturated rings. The van der Waals surface area contributed by atoms with E-state index in [9.17, 15) is 4.79 Å². The summed E-state index contributed by atoms with van der Waals surface area (Å²) in [5.74, 6) is 0.226. The van der Waals surface area contributed by atoms with Crippen molar-refractivity contribution in [3.63, 3.8) is 0 Å². The van der Waals surface area contributed by atoms with E-state index in [0.717, 1.165) is 31.7 Å². The SMILES string of the molecule is CO[C@@H]1CN(Cc2ccc(-n3ccc(N)nc3=O)cc2)CC[C@H]1N. The highest BCUT2D eigenvalue weighted by Gasteiger charge is 2.26. The van der Waals surface area contributed by atoms with Gasteiger partial charge in [0, 0.05) is 39.0 Å². The van der Waals surface area contributed by atoms with E-state index >= 15 is 0 Å². The molecule has 1 aliphatic rings. The molecule has 1 aromatic heterocycles. The number of methoxy groups -OCH3 is 1. The summed E-state index contributed by atoms with van der Waals surface area (Å²) in [5.41, 5.74) is 13.1. The first-order valence-corrected chi connectivity index (χ1v) is 8.02. The van der Waals surface area contributed by atoms with Gasteiger partial charge in [-0.15, -0.1) is 0 Å². The molecule has 1 saturated heterocycles. The normalized spacial score (nSPS) is 21.8. The fourth-order valence-corrected chi connectivity index (χ4v) is 3.02. The Morgan fingerprint density at radius 1 is 1.29 bits per heavy atom. The van der Waals surface area contributed by atoms with Crippen molar-refractivity contribution in [3.8, 4) is 5.69 Å². The van der Waals surface area contributed by atoms with Crippen molar-refractivity contribution in [2.24, 2.45) is 5.73 Å². The first-order chi connectivity index (χ1) is 11.6. The molecule has 0 bridgehead atoms. The maximum atomic E-state index is 11.9. The largest absolute Gasteiger partial charge is 0.383 e. The molecule has 0 saturated carbocycles. The number of rotatable bonds is 4. The summed E-state index contributed by atoms with van der Waals surface area (Å²) >= 11 is 0. The summed E-state index contributed by atoms with van der Waals surface area (Å²) in [5, 5.41) is 0. The zero-order chi connectivity index (χ0) is 17.1. The van der Waals surface area contributed by atoms with Gasteiger partial charge in [0.15, 0.2) is 0 Å². The van der Waals surface area contributed by atoms with Gasteiger partial charge in [0.2, 0.25) is 0 Å². The summed E-state index contributed by atoms with van der Waals surface area (Å²) in [7, 11) is 1.71. The van der Waals surface area contributed by atoms with E-state index in [0.29, 0.717) is 0 Å². The number of nitrogen functional groups attached to an aromatic ring is 1. The second-order valence-electron chi connectivity index (χ2n) is 6.13. The molecule has 128 valence electrons. The van der Waals surface area contributed by atoms with Crippen LogP contribution in [0, 0.1) is 0 Å². The number of likely N-dealkylation sites (tertiary alicyclic amines) is 1. The van der Waals surface area contributed by atoms with Crippen molar-refractivity contribution in [1.82, 2.24) is 14.5 Å². The molecular formula is C17H23N5O2. The Balaban J connectivity index is 1.70. The van der Waals surface area contributed by atoms with Crippen molar-refractivity contribution in [3.05, 3.63) is 52.6 Å². The molecule has 0 spiro atoms. The van der Waals surface area contributed by atoms with Gasteiger partial charge < -0.3 is 16.2 Å². The van der Waals surface area contributed by atoms with E-state index in [2.05, 4.69) is 9.88 Å². The van der Waals surface area contributed by atoms with Crippen LogP contribution in [0.2, 0.25) is 0 Å². The van der Waals surface area contributed by atoms with E-state index in [1.807, 2.05) is 24.3 Å². The molecule has 2 heterocycles. The third-order valence-electron chi connectivity index (χ3n) is 4.44. The Morgan fingerprint density at radius 2 is 2.04 bits per heavy atom. The highest BCUT2D eigenvalue weighted by molar-refractivity contribution is 5.36. The molecule has 0 unspecified atom stereocenters. The Bertz CT molecular complexity index is 743. The van der Waals surface area contributed by atoms with Gasteiger partial charge >= 0.3 is 5.69 Å². The molecule has 2 aromatic rings. The Morgan fingerprint density at radius 3 is 2.71 bits per heavy atom. The maximum Gasteiger partial charge on any atom is 0.354 e. The average Bonchev–Trinajstić information content (AvgIpc) is 2.57. The van der Waals surface area contributed by atoms with Crippen molar-refractivity contribution in [1.29, 1.82) is 0 Å². The highest BCUT2D eigenvalue weighted by Crippen LogP contribution is 2.16. The predicted octanol–water partition coefficient (Wildman–Crippen LogP) is 0.363. The third kappa shape index (κ3) is 3.64. The van der Waals surface area contributed by atoms with Gasteiger partial charge in [-0.1, -0.05) is 12.1 Å². The molecule has 0 amide bonds. The van der Waals surface area contributed by atoms with Crippen LogP contribution in [0.3, 0.4) is 0 Å². The van der Waals surface area contributed by atoms with E-state index in [4.69, 9.17) is 16.2 Å². The monoisotopic (exact) mass is 329 g/mol. The van der Waals surface area contributed by atoms with Gasteiger partial charge in [-0.2, -0.15) is 4.98 Å². The minimum Gasteiger partial charge on any atom is -0.383 e. The van der Waals surface area contributed by atoms with Crippen LogP contribution in [0.25, 0.3) is 5.69 Å². The Kier molecular flexibility index (Phi) is 4.94. The third-order valence-corrected chi connectivity index (χ3v) is 4.44. The summed E-state index contributed by atoms with van der Waals surface area (Å²) in [4.78, 5) is 18.0. The molecule has 0 radical (unpaired) electrons. The van der Waals surface area contributed by atoms with Gasteiger partial charge in [0.25, 0.3) is 0 Å². The van der Waals surface area contributed by atoms with Gasteiger partial charge in [-0.25, -0.2) is 4.79 Å². The summed E-state index contributed by atoms with van der Waals surface area (Å²) in [6, 6.07) is 9.59. The zero-order valence-electron chi connectivity index (χ0n) is 13.8. The average molecular weight is 329 g/mol. The lowest BCUT2D eigenvalue weighted by molar-refractivity contribution is 0.0140. The number of nitrogens with two attached hydrogens (primary N) is 2. The lowest BCUT2D eigenvalue weighted by Gasteiger charge is -2.36. The lowest BCUT2D eigenvalue weighted by Crippen LogP contribution is -2.51. The zero-order valence-corrected chi connectivity index (χ0v) is 13.8. The maximum absolute atomic E-state index is 11.9. The topological polar surface area (TPSA) is 99.4 Å². The second-order valence-corrected chi connectivity index (χ2v) is 6.13. The minimum absolute atomic E-state index is 0.0810. The van der Waals surface area contributed by atoms with Crippen LogP contribution in [0.4, 0.5) is 5.82 Å². The number of ether oxygens (including phenoxy) is 1. The van der Waals surface area contributed by atoms with E-state index in [-0.39, 0.29) is 23.7 Å². The van der Waals surface area contributed by atoms with E-state index in [1.54, 1.807) is 19.4 Å². The number of hydrogen-bond acceptors (Lipinski definition) is 6. The quantitative estimate of drug-likeness (QED) is 0.840. The number of aromatic nitrogens is 2. The summed E-state index contributed by atoms with van der Waals surface area (Å²) in [6.07, 6.45) is 2.65. The van der Waals surface area contributed by atoms with Crippen LogP contribution >= 0.6 is 0 Å². The molecule has 7 heteroatoms. The molecule has 7 nitrogen and oxygen atoms in total. The molecule has 1 aliphatic heterocycles. The molecule has 1 aromatic carbocycles. The van der Waals surface area contributed by atoms with Crippen LogP contribution in [-0.2, 0) is 11.3 Å². The number of hydrogen-bond donors (Lipinski definition) is 2. The van der Waals surface area contributed by atoms with Gasteiger partial charge in [0.05, 0.1) is 11.8 Å². The molecule has 2 atom stereocenters. The van der Waals surface area contributed by atoms with Crippen LogP contribution in [0.5, 0.6) is 0 Å². The van der Waals surface area contributed by atoms with Crippen LogP contribution in [0.1, 0.15) is 12.0 Å². The Hall–Kier alpha value is -2.22. The molecule has 3 rings (SSSR count). The first kappa shape index (κ1) is 16.6. The summed E-state index contributed by atoms with van der Waals surface area (Å²) < 4.78 is 6.92. The number of piperidine rings is 1. The van der Waals surface area contributed by atoms with E-state index < -0.39 is 0 Å². The summed E-state index contributed by atoms with van der Waals surface area (Å²) in [6.45, 7) is 2.63. The fourth-order valence-electron chi connectivity index (χ4n) is 3.02. The van der Waals surface area contributed by atoms with Gasteiger partial charge in [-0.05, 0) is 30.2 Å². The highest BCUT2D eigenvalue weighted by atomic mass is 16.5.